The van der Waals surface area contributed by atoms with Crippen molar-refractivity contribution in [3.63, 3.8) is 0 Å². The molecule has 0 aliphatic carbocycles. The summed E-state index contributed by atoms with van der Waals surface area (Å²) in [5.74, 6) is 0.253. The Balaban J connectivity index is 2.37. The highest BCUT2D eigenvalue weighted by molar-refractivity contribution is 6.28. The van der Waals surface area contributed by atoms with Gasteiger partial charge in [-0.05, 0) is 37.3 Å². The van der Waals surface area contributed by atoms with E-state index in [0.29, 0.717) is 13.0 Å². The second-order valence-electron chi connectivity index (χ2n) is 4.46. The van der Waals surface area contributed by atoms with E-state index < -0.39 is 4.92 Å². The summed E-state index contributed by atoms with van der Waals surface area (Å²) < 4.78 is 0. The van der Waals surface area contributed by atoms with Crippen LogP contribution in [-0.2, 0) is 0 Å². The maximum Gasteiger partial charge on any atom is 0.329 e. The average Bonchev–Trinajstić information content (AvgIpc) is 2.39. The summed E-state index contributed by atoms with van der Waals surface area (Å²) in [5, 5.41) is 20.1. The molecule has 0 aromatic carbocycles. The van der Waals surface area contributed by atoms with Crippen molar-refractivity contribution < 1.29 is 10.0 Å². The summed E-state index contributed by atoms with van der Waals surface area (Å²) in [7, 11) is 0. The molecule has 1 atom stereocenters. The molecule has 0 bridgehead atoms. The second-order valence-corrected chi connectivity index (χ2v) is 4.80. The third-order valence-corrected chi connectivity index (χ3v) is 3.46. The van der Waals surface area contributed by atoms with Crippen molar-refractivity contribution in [3.05, 3.63) is 21.6 Å². The first-order valence-corrected chi connectivity index (χ1v) is 6.55. The minimum Gasteiger partial charge on any atom is -0.396 e. The molecule has 0 radical (unpaired) electrons. The predicted octanol–water partition coefficient (Wildman–Crippen LogP) is 1.78. The van der Waals surface area contributed by atoms with Gasteiger partial charge in [0.15, 0.2) is 0 Å². The number of hydrogen-bond acceptors (Lipinski definition) is 6. The largest absolute Gasteiger partial charge is 0.396 e. The zero-order chi connectivity index (χ0) is 13.8. The molecule has 0 spiro atoms. The first-order chi connectivity index (χ1) is 9.13. The number of nitrogens with zero attached hydrogens (tertiary/aromatic N) is 4. The zero-order valence-electron chi connectivity index (χ0n) is 10.3. The molecule has 1 aliphatic rings. The van der Waals surface area contributed by atoms with Crippen LogP contribution in [0.15, 0.2) is 6.20 Å². The van der Waals surface area contributed by atoms with Crippen molar-refractivity contribution in [3.8, 4) is 0 Å². The lowest BCUT2D eigenvalue weighted by Crippen LogP contribution is -2.41. The van der Waals surface area contributed by atoms with Crippen LogP contribution in [-0.4, -0.2) is 39.2 Å². The van der Waals surface area contributed by atoms with Crippen LogP contribution in [0.3, 0.4) is 0 Å². The van der Waals surface area contributed by atoms with E-state index in [1.54, 1.807) is 0 Å². The van der Waals surface area contributed by atoms with Crippen LogP contribution in [0.2, 0.25) is 5.28 Å². The molecule has 1 saturated heterocycles. The summed E-state index contributed by atoms with van der Waals surface area (Å²) in [4.78, 5) is 20.1. The lowest BCUT2D eigenvalue weighted by molar-refractivity contribution is -0.384. The van der Waals surface area contributed by atoms with Gasteiger partial charge in [0.1, 0.15) is 6.20 Å². The number of aromatic nitrogens is 2. The Hall–Kier alpha value is -1.47. The fourth-order valence-corrected chi connectivity index (χ4v) is 2.54. The third-order valence-electron chi connectivity index (χ3n) is 3.28. The van der Waals surface area contributed by atoms with Crippen LogP contribution in [0.25, 0.3) is 0 Å². The van der Waals surface area contributed by atoms with Gasteiger partial charge < -0.3 is 10.0 Å². The molecule has 8 heteroatoms. The van der Waals surface area contributed by atoms with Crippen LogP contribution < -0.4 is 4.90 Å². The maximum atomic E-state index is 11.0. The SMILES string of the molecule is O=[N+]([O-])c1cnc(Cl)nc1N1CCCCC1CCO. The minimum absolute atomic E-state index is 0.00563. The van der Waals surface area contributed by atoms with Crippen LogP contribution >= 0.6 is 11.6 Å². The molecule has 1 fully saturated rings. The smallest absolute Gasteiger partial charge is 0.329 e. The number of anilines is 1. The van der Waals surface area contributed by atoms with E-state index in [0.717, 1.165) is 25.5 Å². The van der Waals surface area contributed by atoms with Crippen LogP contribution in [0.1, 0.15) is 25.7 Å². The topological polar surface area (TPSA) is 92.4 Å². The van der Waals surface area contributed by atoms with E-state index in [1.165, 1.54) is 0 Å². The van der Waals surface area contributed by atoms with E-state index in [2.05, 4.69) is 9.97 Å². The number of aliphatic hydroxyl groups excluding tert-OH is 1. The van der Waals surface area contributed by atoms with Gasteiger partial charge in [0.05, 0.1) is 4.92 Å². The number of piperidine rings is 1. The van der Waals surface area contributed by atoms with Gasteiger partial charge in [0.2, 0.25) is 11.1 Å². The van der Waals surface area contributed by atoms with Gasteiger partial charge in [-0.25, -0.2) is 4.98 Å². The Morgan fingerprint density at radius 3 is 3.05 bits per heavy atom. The average molecular weight is 287 g/mol. The molecule has 1 aliphatic heterocycles. The fourth-order valence-electron chi connectivity index (χ4n) is 2.41. The summed E-state index contributed by atoms with van der Waals surface area (Å²) in [6, 6.07) is 0.0587. The third kappa shape index (κ3) is 3.10. The second kappa shape index (κ2) is 6.12. The molecule has 1 aromatic rings. The Kier molecular flexibility index (Phi) is 4.49. The van der Waals surface area contributed by atoms with Crippen LogP contribution in [0, 0.1) is 10.1 Å². The molecule has 2 heterocycles. The van der Waals surface area contributed by atoms with E-state index in [1.807, 2.05) is 4.90 Å². The summed E-state index contributed by atoms with van der Waals surface area (Å²) in [5.41, 5.74) is -0.144. The lowest BCUT2D eigenvalue weighted by atomic mass is 9.99. The van der Waals surface area contributed by atoms with Crippen molar-refractivity contribution in [1.82, 2.24) is 9.97 Å². The van der Waals surface area contributed by atoms with Gasteiger partial charge in [0, 0.05) is 19.2 Å². The molecule has 7 nitrogen and oxygen atoms in total. The molecule has 1 unspecified atom stereocenters. The fraction of sp³-hybridized carbons (Fsp3) is 0.636. The van der Waals surface area contributed by atoms with Crippen molar-refractivity contribution >= 4 is 23.1 Å². The van der Waals surface area contributed by atoms with Gasteiger partial charge in [-0.15, -0.1) is 0 Å². The lowest BCUT2D eigenvalue weighted by Gasteiger charge is -2.35. The molecule has 1 aromatic heterocycles. The van der Waals surface area contributed by atoms with E-state index in [-0.39, 0.29) is 29.4 Å². The number of aliphatic hydroxyl groups is 1. The van der Waals surface area contributed by atoms with Crippen molar-refractivity contribution in [2.45, 2.75) is 31.7 Å². The highest BCUT2D eigenvalue weighted by Gasteiger charge is 2.29. The Bertz CT molecular complexity index is 469. The first kappa shape index (κ1) is 14.0. The van der Waals surface area contributed by atoms with E-state index in [4.69, 9.17) is 16.7 Å². The number of nitro groups is 1. The number of hydrogen-bond donors (Lipinski definition) is 1. The summed E-state index contributed by atoms with van der Waals surface area (Å²) in [6.07, 6.45) is 4.59. The van der Waals surface area contributed by atoms with Gasteiger partial charge in [-0.1, -0.05) is 0 Å². The highest BCUT2D eigenvalue weighted by atomic mass is 35.5. The van der Waals surface area contributed by atoms with E-state index in [9.17, 15) is 10.1 Å². The molecule has 0 amide bonds. The van der Waals surface area contributed by atoms with Gasteiger partial charge in [0.25, 0.3) is 0 Å². The standard InChI is InChI=1S/C11H15ClN4O3/c12-11-13-7-9(16(18)19)10(14-11)15-5-2-1-3-8(15)4-6-17/h7-8,17H,1-6H2. The highest BCUT2D eigenvalue weighted by Crippen LogP contribution is 2.32. The zero-order valence-corrected chi connectivity index (χ0v) is 11.1. The van der Waals surface area contributed by atoms with Crippen molar-refractivity contribution in [2.24, 2.45) is 0 Å². The van der Waals surface area contributed by atoms with Crippen molar-refractivity contribution in [2.75, 3.05) is 18.1 Å². The van der Waals surface area contributed by atoms with Gasteiger partial charge >= 0.3 is 5.69 Å². The molecule has 1 N–H and O–H groups in total. The molecule has 0 saturated carbocycles. The van der Waals surface area contributed by atoms with Crippen molar-refractivity contribution in [1.29, 1.82) is 0 Å². The van der Waals surface area contributed by atoms with Crippen LogP contribution in [0.4, 0.5) is 11.5 Å². The van der Waals surface area contributed by atoms with Gasteiger partial charge in [-0.2, -0.15) is 4.98 Å². The normalized spacial score (nSPS) is 19.5. The Morgan fingerprint density at radius 1 is 1.58 bits per heavy atom. The Morgan fingerprint density at radius 2 is 2.37 bits per heavy atom. The predicted molar refractivity (Wildman–Crippen MR) is 70.4 cm³/mol. The van der Waals surface area contributed by atoms with Crippen LogP contribution in [0.5, 0.6) is 0 Å². The summed E-state index contributed by atoms with van der Waals surface area (Å²) in [6.45, 7) is 0.729. The molecule has 104 valence electrons. The minimum atomic E-state index is -0.504. The maximum absolute atomic E-state index is 11.0. The Labute approximate surface area is 115 Å². The van der Waals surface area contributed by atoms with Gasteiger partial charge in [-0.3, -0.25) is 10.1 Å². The molecular weight excluding hydrogens is 272 g/mol. The molecule has 2 rings (SSSR count). The van der Waals surface area contributed by atoms with E-state index >= 15 is 0 Å². The molecule has 19 heavy (non-hydrogen) atoms. The quantitative estimate of drug-likeness (QED) is 0.515. The molecular formula is C11H15ClN4O3. The first-order valence-electron chi connectivity index (χ1n) is 6.18. The monoisotopic (exact) mass is 286 g/mol. The number of rotatable bonds is 4. The summed E-state index contributed by atoms with van der Waals surface area (Å²) >= 11 is 5.74. The number of halogens is 1.